The van der Waals surface area contributed by atoms with Gasteiger partial charge in [0.25, 0.3) is 0 Å². The summed E-state index contributed by atoms with van der Waals surface area (Å²) in [7, 11) is -2.02. The van der Waals surface area contributed by atoms with Crippen LogP contribution in [0.25, 0.3) is 11.1 Å². The number of benzene rings is 1. The van der Waals surface area contributed by atoms with E-state index in [9.17, 15) is 14.5 Å². The van der Waals surface area contributed by atoms with Crippen molar-refractivity contribution in [2.75, 3.05) is 12.8 Å². The Morgan fingerprint density at radius 2 is 1.87 bits per heavy atom. The molecule has 2 aromatic rings. The van der Waals surface area contributed by atoms with Gasteiger partial charge < -0.3 is 15.5 Å². The van der Waals surface area contributed by atoms with Crippen molar-refractivity contribution in [1.82, 2.24) is 15.6 Å². The number of nitrogens with zero attached hydrogens (tertiary/aromatic N) is 2. The van der Waals surface area contributed by atoms with Crippen LogP contribution in [0.15, 0.2) is 53.5 Å². The molecule has 2 N–H and O–H groups in total. The predicted molar refractivity (Wildman–Crippen MR) is 118 cm³/mol. The van der Waals surface area contributed by atoms with Crippen LogP contribution in [0, 0.1) is 5.92 Å². The number of aromatic nitrogens is 1. The van der Waals surface area contributed by atoms with Crippen molar-refractivity contribution in [2.45, 2.75) is 39.7 Å². The summed E-state index contributed by atoms with van der Waals surface area (Å²) in [5.41, 5.74) is 3.40. The third-order valence-corrected chi connectivity index (χ3v) is 5.44. The van der Waals surface area contributed by atoms with Gasteiger partial charge in [0.2, 0.25) is 11.8 Å². The molecule has 0 bridgehead atoms. The summed E-state index contributed by atoms with van der Waals surface area (Å²) in [6.45, 7) is 5.59. The molecule has 2 amide bonds. The lowest BCUT2D eigenvalue weighted by molar-refractivity contribution is -0.157. The van der Waals surface area contributed by atoms with E-state index in [1.807, 2.05) is 32.2 Å². The van der Waals surface area contributed by atoms with Crippen molar-refractivity contribution in [2.24, 2.45) is 10.7 Å². The summed E-state index contributed by atoms with van der Waals surface area (Å²) in [6.07, 6.45) is 5.18. The first kappa shape index (κ1) is 23.6. The zero-order valence-corrected chi connectivity index (χ0v) is 18.6. The third kappa shape index (κ3) is 8.01. The number of aryl methyl sites for hydroxylation is 1. The van der Waals surface area contributed by atoms with E-state index >= 15 is 0 Å². The Kier molecular flexibility index (Phi) is 9.58. The number of hydrogen-bond donors (Lipinski definition) is 2. The number of pyridine rings is 1. The van der Waals surface area contributed by atoms with Crippen LogP contribution in [0.4, 0.5) is 0 Å². The SMILES string of the molecule is CC(=O)NC[P+]([O-])=N[C@H](C(=O)NCCCc1ccc(-c2cccnc2)cc1)C(C)C. The molecular weight excluding hydrogens is 399 g/mol. The number of nitrogens with one attached hydrogen (secondary N) is 2. The Labute approximate surface area is 178 Å². The van der Waals surface area contributed by atoms with E-state index in [1.54, 1.807) is 6.20 Å². The monoisotopic (exact) mass is 428 g/mol. The highest BCUT2D eigenvalue weighted by Crippen LogP contribution is 2.20. The summed E-state index contributed by atoms with van der Waals surface area (Å²) in [6, 6.07) is 11.6. The van der Waals surface area contributed by atoms with Gasteiger partial charge in [-0.15, -0.1) is 0 Å². The third-order valence-electron chi connectivity index (χ3n) is 4.51. The fourth-order valence-corrected chi connectivity index (χ4v) is 3.94. The van der Waals surface area contributed by atoms with Gasteiger partial charge in [-0.2, -0.15) is 0 Å². The van der Waals surface area contributed by atoms with Gasteiger partial charge in [-0.25, -0.2) is 0 Å². The van der Waals surface area contributed by atoms with E-state index < -0.39 is 14.0 Å². The molecule has 8 heteroatoms. The minimum atomic E-state index is -2.02. The molecule has 0 saturated heterocycles. The standard InChI is InChI=1S/C22H29N4O3P/c1-16(2)21(26-30(29)15-25-17(3)27)22(28)24-13-4-6-18-8-10-19(11-9-18)20-7-5-12-23-14-20/h5,7-12,14,16,21H,4,6,13,15H2,1-3H3,(H,24,28)(H,25,27)/t21-/m0/s1. The summed E-state index contributed by atoms with van der Waals surface area (Å²) in [4.78, 5) is 39.5. The first-order valence-corrected chi connectivity index (χ1v) is 11.4. The fourth-order valence-electron chi connectivity index (χ4n) is 2.85. The van der Waals surface area contributed by atoms with Gasteiger partial charge >= 0.3 is 0 Å². The van der Waals surface area contributed by atoms with Gasteiger partial charge in [0, 0.05) is 25.9 Å². The van der Waals surface area contributed by atoms with Crippen molar-refractivity contribution >= 4 is 19.8 Å². The van der Waals surface area contributed by atoms with E-state index in [0.717, 1.165) is 24.0 Å². The molecule has 0 aliphatic rings. The first-order chi connectivity index (χ1) is 14.4. The molecule has 1 heterocycles. The zero-order valence-electron chi connectivity index (χ0n) is 17.7. The second-order valence-corrected chi connectivity index (χ2v) is 8.63. The van der Waals surface area contributed by atoms with Crippen LogP contribution in [-0.4, -0.2) is 35.7 Å². The van der Waals surface area contributed by atoms with E-state index in [1.165, 1.54) is 12.5 Å². The van der Waals surface area contributed by atoms with E-state index in [2.05, 4.69) is 44.6 Å². The Bertz CT molecular complexity index is 854. The summed E-state index contributed by atoms with van der Waals surface area (Å²) >= 11 is 0. The Morgan fingerprint density at radius 3 is 2.47 bits per heavy atom. The number of hydrogen-bond acceptors (Lipinski definition) is 5. The van der Waals surface area contributed by atoms with Gasteiger partial charge in [0.1, 0.15) is 0 Å². The second kappa shape index (κ2) is 12.2. The Balaban J connectivity index is 1.81. The summed E-state index contributed by atoms with van der Waals surface area (Å²) in [5, 5.41) is 5.35. The second-order valence-electron chi connectivity index (χ2n) is 7.38. The van der Waals surface area contributed by atoms with Crippen LogP contribution in [0.5, 0.6) is 0 Å². The molecule has 0 aliphatic carbocycles. The lowest BCUT2D eigenvalue weighted by atomic mass is 10.0. The van der Waals surface area contributed by atoms with Crippen LogP contribution in [-0.2, 0) is 16.0 Å². The molecule has 0 aliphatic heterocycles. The number of carbonyl (C=O) groups is 2. The minimum absolute atomic E-state index is 0.0454. The molecule has 1 aromatic heterocycles. The van der Waals surface area contributed by atoms with Crippen LogP contribution in [0.1, 0.15) is 32.8 Å². The van der Waals surface area contributed by atoms with Crippen molar-refractivity contribution in [3.63, 3.8) is 0 Å². The molecule has 2 rings (SSSR count). The molecule has 0 spiro atoms. The molecule has 30 heavy (non-hydrogen) atoms. The normalized spacial score (nSPS) is 12.5. The highest BCUT2D eigenvalue weighted by Gasteiger charge is 2.24. The number of carbonyl (C=O) groups excluding carboxylic acids is 2. The van der Waals surface area contributed by atoms with Crippen molar-refractivity contribution in [1.29, 1.82) is 0 Å². The van der Waals surface area contributed by atoms with Gasteiger partial charge in [0.15, 0.2) is 20.3 Å². The summed E-state index contributed by atoms with van der Waals surface area (Å²) < 4.78 is 4.10. The molecule has 0 saturated carbocycles. The molecule has 0 fully saturated rings. The van der Waals surface area contributed by atoms with Gasteiger partial charge in [-0.05, 0) is 41.5 Å². The van der Waals surface area contributed by atoms with Gasteiger partial charge in [-0.1, -0.05) is 48.9 Å². The largest absolute Gasteiger partial charge is 0.611 e. The van der Waals surface area contributed by atoms with Crippen molar-refractivity contribution in [3.05, 3.63) is 54.4 Å². The fraction of sp³-hybridized carbons (Fsp3) is 0.409. The van der Waals surface area contributed by atoms with Crippen LogP contribution >= 0.6 is 7.94 Å². The lowest BCUT2D eigenvalue weighted by Crippen LogP contribution is -2.37. The zero-order chi connectivity index (χ0) is 21.9. The van der Waals surface area contributed by atoms with E-state index in [0.29, 0.717) is 6.54 Å². The van der Waals surface area contributed by atoms with Crippen LogP contribution < -0.4 is 15.5 Å². The first-order valence-electron chi connectivity index (χ1n) is 10.0. The quantitative estimate of drug-likeness (QED) is 0.448. The molecule has 1 aromatic carbocycles. The average Bonchev–Trinajstić information content (AvgIpc) is 2.74. The highest BCUT2D eigenvalue weighted by molar-refractivity contribution is 7.39. The maximum Gasteiger partial charge on any atom is 0.249 e. The lowest BCUT2D eigenvalue weighted by Gasteiger charge is -2.15. The number of amides is 2. The average molecular weight is 428 g/mol. The van der Waals surface area contributed by atoms with Crippen molar-refractivity contribution < 1.29 is 14.5 Å². The Hall–Kier alpha value is -2.63. The molecule has 2 atom stereocenters. The smallest absolute Gasteiger partial charge is 0.249 e. The molecule has 1 unspecified atom stereocenters. The topological polar surface area (TPSA) is 107 Å². The highest BCUT2D eigenvalue weighted by atomic mass is 31.1. The van der Waals surface area contributed by atoms with Crippen LogP contribution in [0.3, 0.4) is 0 Å². The molecule has 7 nitrogen and oxygen atoms in total. The van der Waals surface area contributed by atoms with Crippen LogP contribution in [0.2, 0.25) is 0 Å². The number of rotatable bonds is 10. The predicted octanol–water partition coefficient (Wildman–Crippen LogP) is 2.86. The van der Waals surface area contributed by atoms with Gasteiger partial charge in [-0.3, -0.25) is 14.6 Å². The van der Waals surface area contributed by atoms with E-state index in [4.69, 9.17) is 0 Å². The molecular formula is C22H29N4O3P. The van der Waals surface area contributed by atoms with E-state index in [-0.39, 0.29) is 24.0 Å². The van der Waals surface area contributed by atoms with Gasteiger partial charge in [0.05, 0.1) is 0 Å². The maximum absolute atomic E-state index is 12.4. The summed E-state index contributed by atoms with van der Waals surface area (Å²) in [5.74, 6) is -0.586. The molecule has 0 radical (unpaired) electrons. The molecule has 160 valence electrons. The van der Waals surface area contributed by atoms with Crippen molar-refractivity contribution in [3.8, 4) is 11.1 Å². The maximum atomic E-state index is 12.4. The Morgan fingerprint density at radius 1 is 1.13 bits per heavy atom. The minimum Gasteiger partial charge on any atom is -0.611 e.